The van der Waals surface area contributed by atoms with E-state index in [1.807, 2.05) is 18.2 Å². The average molecular weight is 370 g/mol. The maximum atomic E-state index is 13.2. The number of carbonyl (C=O) groups is 2. The summed E-state index contributed by atoms with van der Waals surface area (Å²) in [5.74, 6) is -1.31. The van der Waals surface area contributed by atoms with Crippen molar-refractivity contribution in [2.75, 3.05) is 11.9 Å². The van der Waals surface area contributed by atoms with Gasteiger partial charge in [-0.1, -0.05) is 12.1 Å². The second-order valence-corrected chi connectivity index (χ2v) is 6.19. The van der Waals surface area contributed by atoms with Crippen molar-refractivity contribution in [1.82, 2.24) is 15.3 Å². The molecule has 0 unspecified atom stereocenters. The topological polar surface area (TPSA) is 84.0 Å². The van der Waals surface area contributed by atoms with Gasteiger partial charge in [0.15, 0.2) is 5.13 Å². The Labute approximate surface area is 153 Å². The number of rotatable bonds is 6. The van der Waals surface area contributed by atoms with E-state index in [1.54, 1.807) is 11.6 Å². The predicted molar refractivity (Wildman–Crippen MR) is 96.7 cm³/mol. The van der Waals surface area contributed by atoms with Gasteiger partial charge in [0.25, 0.3) is 11.8 Å². The highest BCUT2D eigenvalue weighted by Gasteiger charge is 2.13. The molecule has 0 aliphatic heterocycles. The van der Waals surface area contributed by atoms with Gasteiger partial charge in [-0.3, -0.25) is 19.9 Å². The summed E-state index contributed by atoms with van der Waals surface area (Å²) in [5.41, 5.74) is 1.28. The lowest BCUT2D eigenvalue weighted by Crippen LogP contribution is -2.26. The van der Waals surface area contributed by atoms with Crippen molar-refractivity contribution in [3.63, 3.8) is 0 Å². The molecule has 0 aliphatic carbocycles. The third-order valence-electron chi connectivity index (χ3n) is 3.44. The molecule has 0 spiro atoms. The lowest BCUT2D eigenvalue weighted by molar-refractivity contribution is 0.0948. The highest BCUT2D eigenvalue weighted by Crippen LogP contribution is 2.17. The first-order valence-electron chi connectivity index (χ1n) is 7.82. The molecule has 8 heteroatoms. The standard InChI is InChI=1S/C18H15FN4O2S/c19-13-5-3-4-12(10-13)16(24)23-18-22-15(11-26-18)17(25)21-9-7-14-6-1-2-8-20-14/h1-6,8,10-11H,7,9H2,(H,21,25)(H,22,23,24). The van der Waals surface area contributed by atoms with Crippen LogP contribution >= 0.6 is 11.3 Å². The van der Waals surface area contributed by atoms with Crippen LogP contribution in [0.4, 0.5) is 9.52 Å². The summed E-state index contributed by atoms with van der Waals surface area (Å²) in [6.45, 7) is 0.429. The molecule has 0 radical (unpaired) electrons. The number of carbonyl (C=O) groups excluding carboxylic acids is 2. The third kappa shape index (κ3) is 4.70. The van der Waals surface area contributed by atoms with Crippen LogP contribution in [0.3, 0.4) is 0 Å². The van der Waals surface area contributed by atoms with Crippen LogP contribution in [0.5, 0.6) is 0 Å². The fraction of sp³-hybridized carbons (Fsp3) is 0.111. The molecule has 26 heavy (non-hydrogen) atoms. The third-order valence-corrected chi connectivity index (χ3v) is 4.19. The molecule has 0 aliphatic rings. The summed E-state index contributed by atoms with van der Waals surface area (Å²) in [5, 5.41) is 7.14. The number of amides is 2. The van der Waals surface area contributed by atoms with Gasteiger partial charge >= 0.3 is 0 Å². The Balaban J connectivity index is 1.53. The maximum Gasteiger partial charge on any atom is 0.270 e. The molecule has 1 aromatic carbocycles. The predicted octanol–water partition coefficient (Wildman–Crippen LogP) is 2.90. The van der Waals surface area contributed by atoms with Gasteiger partial charge in [0.05, 0.1) is 0 Å². The molecule has 2 N–H and O–H groups in total. The zero-order valence-electron chi connectivity index (χ0n) is 13.6. The molecule has 0 atom stereocenters. The van der Waals surface area contributed by atoms with E-state index in [1.165, 1.54) is 18.2 Å². The van der Waals surface area contributed by atoms with Crippen LogP contribution in [0.1, 0.15) is 26.5 Å². The van der Waals surface area contributed by atoms with Gasteiger partial charge in [-0.05, 0) is 30.3 Å². The molecule has 3 aromatic rings. The van der Waals surface area contributed by atoms with E-state index in [0.29, 0.717) is 13.0 Å². The molecule has 3 rings (SSSR count). The van der Waals surface area contributed by atoms with E-state index in [-0.39, 0.29) is 22.3 Å². The molecular weight excluding hydrogens is 355 g/mol. The molecule has 0 fully saturated rings. The zero-order chi connectivity index (χ0) is 18.4. The summed E-state index contributed by atoms with van der Waals surface area (Å²) >= 11 is 1.12. The fourth-order valence-corrected chi connectivity index (χ4v) is 2.86. The van der Waals surface area contributed by atoms with Gasteiger partial charge < -0.3 is 5.32 Å². The number of benzene rings is 1. The number of halogens is 1. The summed E-state index contributed by atoms with van der Waals surface area (Å²) in [7, 11) is 0. The smallest absolute Gasteiger partial charge is 0.270 e. The second-order valence-electron chi connectivity index (χ2n) is 5.33. The van der Waals surface area contributed by atoms with Gasteiger partial charge in [0.2, 0.25) is 0 Å². The van der Waals surface area contributed by atoms with E-state index in [9.17, 15) is 14.0 Å². The SMILES string of the molecule is O=C(Nc1nc(C(=O)NCCc2ccccn2)cs1)c1cccc(F)c1. The van der Waals surface area contributed by atoms with Crippen molar-refractivity contribution in [3.05, 3.63) is 76.8 Å². The number of hydrogen-bond acceptors (Lipinski definition) is 5. The van der Waals surface area contributed by atoms with Crippen molar-refractivity contribution in [2.24, 2.45) is 0 Å². The molecule has 6 nitrogen and oxygen atoms in total. The first-order chi connectivity index (χ1) is 12.6. The molecule has 0 saturated heterocycles. The van der Waals surface area contributed by atoms with Gasteiger partial charge in [-0.15, -0.1) is 11.3 Å². The van der Waals surface area contributed by atoms with E-state index in [0.717, 1.165) is 23.1 Å². The van der Waals surface area contributed by atoms with Crippen LogP contribution in [-0.4, -0.2) is 28.3 Å². The van der Waals surface area contributed by atoms with Crippen LogP contribution in [-0.2, 0) is 6.42 Å². The first kappa shape index (κ1) is 17.7. The molecule has 2 heterocycles. The summed E-state index contributed by atoms with van der Waals surface area (Å²) in [4.78, 5) is 32.4. The minimum atomic E-state index is -0.496. The lowest BCUT2D eigenvalue weighted by atomic mass is 10.2. The largest absolute Gasteiger partial charge is 0.350 e. The van der Waals surface area contributed by atoms with E-state index >= 15 is 0 Å². The molecule has 2 amide bonds. The molecule has 132 valence electrons. The van der Waals surface area contributed by atoms with E-state index < -0.39 is 11.7 Å². The van der Waals surface area contributed by atoms with Gasteiger partial charge in [-0.2, -0.15) is 0 Å². The number of nitrogens with zero attached hydrogens (tertiary/aromatic N) is 2. The second kappa shape index (κ2) is 8.30. The van der Waals surface area contributed by atoms with Crippen molar-refractivity contribution < 1.29 is 14.0 Å². The van der Waals surface area contributed by atoms with Gasteiger partial charge in [0, 0.05) is 35.8 Å². The number of pyridine rings is 1. The number of aromatic nitrogens is 2. The number of nitrogens with one attached hydrogen (secondary N) is 2. The quantitative estimate of drug-likeness (QED) is 0.699. The zero-order valence-corrected chi connectivity index (χ0v) is 14.4. The van der Waals surface area contributed by atoms with E-state index in [2.05, 4.69) is 20.6 Å². The lowest BCUT2D eigenvalue weighted by Gasteiger charge is -2.03. The Kier molecular flexibility index (Phi) is 5.65. The van der Waals surface area contributed by atoms with Crippen LogP contribution in [0.2, 0.25) is 0 Å². The van der Waals surface area contributed by atoms with Gasteiger partial charge in [0.1, 0.15) is 11.5 Å². The number of anilines is 1. The Hall–Kier alpha value is -3.13. The van der Waals surface area contributed by atoms with Crippen molar-refractivity contribution in [1.29, 1.82) is 0 Å². The number of hydrogen-bond donors (Lipinski definition) is 2. The Morgan fingerprint density at radius 2 is 2.00 bits per heavy atom. The Bertz CT molecular complexity index is 914. The van der Waals surface area contributed by atoms with Gasteiger partial charge in [-0.25, -0.2) is 9.37 Å². The minimum absolute atomic E-state index is 0.182. The summed E-state index contributed by atoms with van der Waals surface area (Å²) < 4.78 is 13.2. The molecular formula is C18H15FN4O2S. The fourth-order valence-electron chi connectivity index (χ4n) is 2.18. The van der Waals surface area contributed by atoms with Crippen LogP contribution in [0.25, 0.3) is 0 Å². The highest BCUT2D eigenvalue weighted by atomic mass is 32.1. The normalized spacial score (nSPS) is 10.3. The van der Waals surface area contributed by atoms with Crippen molar-refractivity contribution in [2.45, 2.75) is 6.42 Å². The van der Waals surface area contributed by atoms with Crippen LogP contribution in [0.15, 0.2) is 54.0 Å². The summed E-state index contributed by atoms with van der Waals surface area (Å²) in [6.07, 6.45) is 2.31. The van der Waals surface area contributed by atoms with E-state index in [4.69, 9.17) is 0 Å². The van der Waals surface area contributed by atoms with Crippen LogP contribution < -0.4 is 10.6 Å². The monoisotopic (exact) mass is 370 g/mol. The summed E-state index contributed by atoms with van der Waals surface area (Å²) in [6, 6.07) is 10.9. The molecule has 0 bridgehead atoms. The first-order valence-corrected chi connectivity index (χ1v) is 8.70. The van der Waals surface area contributed by atoms with Crippen molar-refractivity contribution >= 4 is 28.3 Å². The minimum Gasteiger partial charge on any atom is -0.350 e. The molecule has 0 saturated carbocycles. The Morgan fingerprint density at radius 3 is 2.77 bits per heavy atom. The van der Waals surface area contributed by atoms with Crippen molar-refractivity contribution in [3.8, 4) is 0 Å². The average Bonchev–Trinajstić information content (AvgIpc) is 3.11. The molecule has 2 aromatic heterocycles. The highest BCUT2D eigenvalue weighted by molar-refractivity contribution is 7.14. The maximum absolute atomic E-state index is 13.2. The number of thiazole rings is 1. The Morgan fingerprint density at radius 1 is 1.12 bits per heavy atom. The van der Waals surface area contributed by atoms with Crippen LogP contribution in [0, 0.1) is 5.82 Å².